The van der Waals surface area contributed by atoms with E-state index in [1.807, 2.05) is 37.4 Å². The van der Waals surface area contributed by atoms with Crippen LogP contribution in [0, 0.1) is 12.7 Å². The van der Waals surface area contributed by atoms with E-state index in [4.69, 9.17) is 0 Å². The average Bonchev–Trinajstić information content (AvgIpc) is 3.11. The first-order valence-electron chi connectivity index (χ1n) is 9.79. The van der Waals surface area contributed by atoms with Gasteiger partial charge in [0.05, 0.1) is 16.6 Å². The smallest absolute Gasteiger partial charge is 0.261 e. The van der Waals surface area contributed by atoms with Gasteiger partial charge in [-0.25, -0.2) is 13.9 Å². The molecular weight excluding hydrogens is 379 g/mol. The molecule has 0 bridgehead atoms. The first-order valence-corrected chi connectivity index (χ1v) is 9.79. The van der Waals surface area contributed by atoms with Crippen LogP contribution in [-0.2, 0) is 13.0 Å². The molecule has 0 saturated heterocycles. The number of hydrogen-bond donors (Lipinski definition) is 0. The molecule has 0 saturated carbocycles. The van der Waals surface area contributed by atoms with Crippen LogP contribution in [0.5, 0.6) is 0 Å². The summed E-state index contributed by atoms with van der Waals surface area (Å²) in [6.45, 7) is 2.48. The van der Waals surface area contributed by atoms with Gasteiger partial charge in [-0.05, 0) is 42.7 Å². The Bertz CT molecular complexity index is 1420. The van der Waals surface area contributed by atoms with E-state index < -0.39 is 0 Å². The van der Waals surface area contributed by atoms with Crippen molar-refractivity contribution in [3.8, 4) is 11.1 Å². The summed E-state index contributed by atoms with van der Waals surface area (Å²) < 4.78 is 16.7. The van der Waals surface area contributed by atoms with Gasteiger partial charge in [0, 0.05) is 24.5 Å². The molecule has 0 amide bonds. The van der Waals surface area contributed by atoms with E-state index in [0.717, 1.165) is 23.2 Å². The van der Waals surface area contributed by atoms with Crippen LogP contribution >= 0.6 is 0 Å². The van der Waals surface area contributed by atoms with Crippen LogP contribution in [0.1, 0.15) is 11.3 Å². The molecule has 0 atom stereocenters. The molecule has 0 aliphatic rings. The lowest BCUT2D eigenvalue weighted by molar-refractivity contribution is 0.628. The van der Waals surface area contributed by atoms with Gasteiger partial charge in [0.2, 0.25) is 0 Å². The second-order valence-electron chi connectivity index (χ2n) is 7.31. The van der Waals surface area contributed by atoms with Gasteiger partial charge in [0.15, 0.2) is 5.65 Å². The van der Waals surface area contributed by atoms with Crippen molar-refractivity contribution in [3.63, 3.8) is 0 Å². The third kappa shape index (κ3) is 3.06. The standard InChI is InChI=1S/C24H19FN4O/c1-16-22(18-7-9-19(25)10-8-18)23-26-15-20-21(29(23)27-16)12-14-28(24(20)30)13-11-17-5-3-2-4-6-17/h2-10,12,14-15H,11,13H2,1H3. The summed E-state index contributed by atoms with van der Waals surface area (Å²) >= 11 is 0. The number of rotatable bonds is 4. The van der Waals surface area contributed by atoms with Crippen LogP contribution in [-0.4, -0.2) is 19.2 Å². The molecule has 2 aromatic carbocycles. The number of benzene rings is 2. The molecule has 30 heavy (non-hydrogen) atoms. The summed E-state index contributed by atoms with van der Waals surface area (Å²) in [7, 11) is 0. The topological polar surface area (TPSA) is 52.2 Å². The van der Waals surface area contributed by atoms with Crippen molar-refractivity contribution in [1.82, 2.24) is 19.2 Å². The molecular formula is C24H19FN4O. The lowest BCUT2D eigenvalue weighted by atomic mass is 10.1. The molecule has 148 valence electrons. The van der Waals surface area contributed by atoms with Crippen LogP contribution < -0.4 is 5.56 Å². The van der Waals surface area contributed by atoms with Crippen LogP contribution in [0.15, 0.2) is 77.9 Å². The summed E-state index contributed by atoms with van der Waals surface area (Å²) in [6, 6.07) is 18.3. The molecule has 0 spiro atoms. The monoisotopic (exact) mass is 398 g/mol. The molecule has 0 aliphatic heterocycles. The zero-order valence-electron chi connectivity index (χ0n) is 16.4. The van der Waals surface area contributed by atoms with E-state index in [-0.39, 0.29) is 11.4 Å². The van der Waals surface area contributed by atoms with Crippen LogP contribution in [0.2, 0.25) is 0 Å². The minimum Gasteiger partial charge on any atom is -0.314 e. The predicted molar refractivity (Wildman–Crippen MR) is 115 cm³/mol. The number of aromatic nitrogens is 4. The molecule has 0 radical (unpaired) electrons. The Kier molecular flexibility index (Phi) is 4.39. The highest BCUT2D eigenvalue weighted by atomic mass is 19.1. The van der Waals surface area contributed by atoms with Crippen molar-refractivity contribution < 1.29 is 4.39 Å². The number of pyridine rings is 1. The molecule has 3 heterocycles. The number of nitrogens with zero attached hydrogens (tertiary/aromatic N) is 4. The second kappa shape index (κ2) is 7.22. The SMILES string of the molecule is Cc1nn2c(ncc3c(=O)n(CCc4ccccc4)ccc32)c1-c1ccc(F)cc1. The molecule has 0 N–H and O–H groups in total. The Balaban J connectivity index is 1.59. The molecule has 5 nitrogen and oxygen atoms in total. The van der Waals surface area contributed by atoms with Crippen molar-refractivity contribution in [1.29, 1.82) is 0 Å². The van der Waals surface area contributed by atoms with Crippen LogP contribution in [0.25, 0.3) is 27.7 Å². The van der Waals surface area contributed by atoms with E-state index in [2.05, 4.69) is 22.2 Å². The second-order valence-corrected chi connectivity index (χ2v) is 7.31. The number of hydrogen-bond acceptors (Lipinski definition) is 3. The summed E-state index contributed by atoms with van der Waals surface area (Å²) in [5.41, 5.74) is 4.90. The van der Waals surface area contributed by atoms with E-state index in [0.29, 0.717) is 23.1 Å². The van der Waals surface area contributed by atoms with Gasteiger partial charge in [0.25, 0.3) is 5.56 Å². The molecule has 6 heteroatoms. The van der Waals surface area contributed by atoms with Gasteiger partial charge < -0.3 is 4.57 Å². The normalized spacial score (nSPS) is 11.4. The number of fused-ring (bicyclic) bond motifs is 3. The Hall–Kier alpha value is -3.80. The maximum absolute atomic E-state index is 13.3. The summed E-state index contributed by atoms with van der Waals surface area (Å²) in [4.78, 5) is 17.6. The molecule has 0 fully saturated rings. The Morgan fingerprint density at radius 2 is 1.77 bits per heavy atom. The number of aryl methyl sites for hydroxylation is 3. The third-order valence-electron chi connectivity index (χ3n) is 5.38. The fourth-order valence-electron chi connectivity index (χ4n) is 3.84. The third-order valence-corrected chi connectivity index (χ3v) is 5.38. The van der Waals surface area contributed by atoms with Gasteiger partial charge in [-0.15, -0.1) is 0 Å². The summed E-state index contributed by atoms with van der Waals surface area (Å²) in [5, 5.41) is 5.14. The molecule has 5 rings (SSSR count). The zero-order valence-corrected chi connectivity index (χ0v) is 16.4. The van der Waals surface area contributed by atoms with Crippen LogP contribution in [0.4, 0.5) is 4.39 Å². The van der Waals surface area contributed by atoms with E-state index in [1.54, 1.807) is 27.4 Å². The molecule has 0 unspecified atom stereocenters. The van der Waals surface area contributed by atoms with Gasteiger partial charge in [0.1, 0.15) is 5.82 Å². The highest BCUT2D eigenvalue weighted by Crippen LogP contribution is 2.28. The summed E-state index contributed by atoms with van der Waals surface area (Å²) in [5.74, 6) is -0.290. The molecule has 0 aliphatic carbocycles. The van der Waals surface area contributed by atoms with E-state index in [1.165, 1.54) is 17.7 Å². The predicted octanol–water partition coefficient (Wildman–Crippen LogP) is 4.40. The maximum Gasteiger partial charge on any atom is 0.261 e. The lowest BCUT2D eigenvalue weighted by Gasteiger charge is -2.08. The largest absolute Gasteiger partial charge is 0.314 e. The van der Waals surface area contributed by atoms with E-state index >= 15 is 0 Å². The van der Waals surface area contributed by atoms with Crippen molar-refractivity contribution in [3.05, 3.63) is 100 Å². The maximum atomic E-state index is 13.3. The highest BCUT2D eigenvalue weighted by Gasteiger charge is 2.16. The fourth-order valence-corrected chi connectivity index (χ4v) is 3.84. The minimum atomic E-state index is -0.290. The fraction of sp³-hybridized carbons (Fsp3) is 0.125. The average molecular weight is 398 g/mol. The Morgan fingerprint density at radius 1 is 1.00 bits per heavy atom. The van der Waals surface area contributed by atoms with Crippen molar-refractivity contribution in [2.45, 2.75) is 19.9 Å². The van der Waals surface area contributed by atoms with Gasteiger partial charge in [-0.1, -0.05) is 42.5 Å². The Labute approximate surface area is 172 Å². The molecule has 5 aromatic rings. The Morgan fingerprint density at radius 3 is 2.53 bits per heavy atom. The van der Waals surface area contributed by atoms with Crippen molar-refractivity contribution in [2.24, 2.45) is 0 Å². The highest BCUT2D eigenvalue weighted by molar-refractivity contribution is 5.86. The molecule has 3 aromatic heterocycles. The van der Waals surface area contributed by atoms with Crippen LogP contribution in [0.3, 0.4) is 0 Å². The van der Waals surface area contributed by atoms with Gasteiger partial charge in [-0.2, -0.15) is 5.10 Å². The van der Waals surface area contributed by atoms with Gasteiger partial charge >= 0.3 is 0 Å². The van der Waals surface area contributed by atoms with Gasteiger partial charge in [-0.3, -0.25) is 4.79 Å². The van der Waals surface area contributed by atoms with E-state index in [9.17, 15) is 9.18 Å². The zero-order chi connectivity index (χ0) is 20.7. The first kappa shape index (κ1) is 18.2. The lowest BCUT2D eigenvalue weighted by Crippen LogP contribution is -2.21. The van der Waals surface area contributed by atoms with Crippen molar-refractivity contribution in [2.75, 3.05) is 0 Å². The number of halogens is 1. The summed E-state index contributed by atoms with van der Waals surface area (Å²) in [6.07, 6.45) is 4.19. The first-order chi connectivity index (χ1) is 14.6. The quantitative estimate of drug-likeness (QED) is 0.451. The van der Waals surface area contributed by atoms with Crippen molar-refractivity contribution >= 4 is 16.6 Å². The minimum absolute atomic E-state index is 0.0886.